The maximum absolute atomic E-state index is 13.2. The molecular formula is C23H35N3O5S. The van der Waals surface area contributed by atoms with Gasteiger partial charge in [0.2, 0.25) is 5.91 Å². The first-order chi connectivity index (χ1) is 15.5. The van der Waals surface area contributed by atoms with E-state index >= 15 is 0 Å². The summed E-state index contributed by atoms with van der Waals surface area (Å²) in [5, 5.41) is 12.5. The molecule has 0 radical (unpaired) electrons. The number of benzene rings is 1. The van der Waals surface area contributed by atoms with Gasteiger partial charge in [-0.3, -0.25) is 19.7 Å². The number of nitrogens with two attached hydrogens (primary N) is 1. The fraction of sp³-hybridized carbons (Fsp3) is 0.609. The number of carboxylic acid groups (broad SMARTS) is 1. The second-order valence-corrected chi connectivity index (χ2v) is 9.10. The summed E-state index contributed by atoms with van der Waals surface area (Å²) in [7, 11) is 0. The van der Waals surface area contributed by atoms with E-state index in [1.165, 1.54) is 4.90 Å². The van der Waals surface area contributed by atoms with Crippen LogP contribution in [0.3, 0.4) is 0 Å². The molecule has 3 atom stereocenters. The molecule has 0 aliphatic carbocycles. The molecule has 0 aromatic heterocycles. The molecule has 1 amide bonds. The Kier molecular flexibility index (Phi) is 11.5. The third-order valence-electron chi connectivity index (χ3n) is 5.38. The van der Waals surface area contributed by atoms with Crippen molar-refractivity contribution in [2.45, 2.75) is 56.4 Å². The van der Waals surface area contributed by atoms with Gasteiger partial charge in [-0.15, -0.1) is 11.8 Å². The SMILES string of the molecule is CCOC(=O)[C@@H](CCCCCCN)NC1CSC(c2ccccc2)CN(CC(=O)O)C1=O. The van der Waals surface area contributed by atoms with Crippen LogP contribution >= 0.6 is 11.8 Å². The van der Waals surface area contributed by atoms with E-state index in [0.717, 1.165) is 31.2 Å². The highest BCUT2D eigenvalue weighted by Crippen LogP contribution is 2.33. The van der Waals surface area contributed by atoms with Gasteiger partial charge < -0.3 is 20.5 Å². The smallest absolute Gasteiger partial charge is 0.323 e. The standard InChI is InChI=1S/C23H35N3O5S/c1-2-31-23(30)18(12-8-3-4-9-13-24)25-19-16-32-20(17-10-6-5-7-11-17)14-26(22(19)29)15-21(27)28/h5-7,10-11,18-20,25H,2-4,8-9,12-16,24H2,1H3,(H,27,28)/t18-,19?,20?/m1/s1. The van der Waals surface area contributed by atoms with E-state index in [2.05, 4.69) is 5.32 Å². The minimum Gasteiger partial charge on any atom is -0.480 e. The molecule has 8 nitrogen and oxygen atoms in total. The number of unbranched alkanes of at least 4 members (excludes halogenated alkanes) is 3. The number of thioether (sulfide) groups is 1. The number of carboxylic acids is 1. The molecule has 4 N–H and O–H groups in total. The van der Waals surface area contributed by atoms with Gasteiger partial charge in [-0.05, 0) is 31.9 Å². The molecule has 178 valence electrons. The van der Waals surface area contributed by atoms with Crippen molar-refractivity contribution >= 4 is 29.6 Å². The molecule has 1 aliphatic heterocycles. The summed E-state index contributed by atoms with van der Waals surface area (Å²) in [6.45, 7) is 2.60. The van der Waals surface area contributed by atoms with E-state index in [0.29, 0.717) is 25.3 Å². The van der Waals surface area contributed by atoms with E-state index in [9.17, 15) is 19.5 Å². The highest BCUT2D eigenvalue weighted by molar-refractivity contribution is 7.99. The molecule has 0 spiro atoms. The molecule has 1 fully saturated rings. The van der Waals surface area contributed by atoms with Gasteiger partial charge in [-0.2, -0.15) is 0 Å². The van der Waals surface area contributed by atoms with Gasteiger partial charge in [0, 0.05) is 17.5 Å². The number of hydrogen-bond acceptors (Lipinski definition) is 7. The van der Waals surface area contributed by atoms with Crippen LogP contribution in [0.4, 0.5) is 0 Å². The van der Waals surface area contributed by atoms with Crippen molar-refractivity contribution in [3.8, 4) is 0 Å². The number of hydrogen-bond donors (Lipinski definition) is 3. The van der Waals surface area contributed by atoms with Crippen LogP contribution in [0.2, 0.25) is 0 Å². The number of nitrogens with zero attached hydrogens (tertiary/aromatic N) is 1. The molecule has 0 saturated carbocycles. The summed E-state index contributed by atoms with van der Waals surface area (Å²) in [5.74, 6) is -1.29. The molecule has 9 heteroatoms. The summed E-state index contributed by atoms with van der Waals surface area (Å²) in [6.07, 6.45) is 4.26. The number of amides is 1. The van der Waals surface area contributed by atoms with Crippen molar-refractivity contribution in [2.24, 2.45) is 5.73 Å². The topological polar surface area (TPSA) is 122 Å². The van der Waals surface area contributed by atoms with Crippen LogP contribution in [0.15, 0.2) is 30.3 Å². The molecule has 1 heterocycles. The first kappa shape index (κ1) is 26.2. The number of esters is 1. The predicted octanol–water partition coefficient (Wildman–Crippen LogP) is 2.19. The molecule has 2 rings (SSSR count). The van der Waals surface area contributed by atoms with Gasteiger partial charge in [0.15, 0.2) is 0 Å². The minimum absolute atomic E-state index is 0.0383. The van der Waals surface area contributed by atoms with Gasteiger partial charge in [0.1, 0.15) is 12.6 Å². The molecule has 1 saturated heterocycles. The molecule has 32 heavy (non-hydrogen) atoms. The van der Waals surface area contributed by atoms with Crippen LogP contribution in [-0.4, -0.2) is 71.9 Å². The largest absolute Gasteiger partial charge is 0.480 e. The molecule has 1 aliphatic rings. The normalized spacial score (nSPS) is 19.9. The van der Waals surface area contributed by atoms with Crippen LogP contribution in [0.5, 0.6) is 0 Å². The number of ether oxygens (including phenoxy) is 1. The lowest BCUT2D eigenvalue weighted by molar-refractivity contribution is -0.148. The maximum Gasteiger partial charge on any atom is 0.323 e. The Labute approximate surface area is 194 Å². The Bertz CT molecular complexity index is 734. The van der Waals surface area contributed by atoms with Gasteiger partial charge in [0.25, 0.3) is 0 Å². The fourth-order valence-corrected chi connectivity index (χ4v) is 5.04. The average Bonchev–Trinajstić information content (AvgIpc) is 2.92. The highest BCUT2D eigenvalue weighted by atomic mass is 32.2. The lowest BCUT2D eigenvalue weighted by atomic mass is 10.1. The van der Waals surface area contributed by atoms with Gasteiger partial charge >= 0.3 is 11.9 Å². The van der Waals surface area contributed by atoms with Crippen molar-refractivity contribution in [3.05, 3.63) is 35.9 Å². The highest BCUT2D eigenvalue weighted by Gasteiger charge is 2.35. The maximum atomic E-state index is 13.2. The van der Waals surface area contributed by atoms with Crippen molar-refractivity contribution in [1.29, 1.82) is 0 Å². The summed E-state index contributed by atoms with van der Waals surface area (Å²) in [6, 6.07) is 8.49. The molecule has 2 unspecified atom stereocenters. The summed E-state index contributed by atoms with van der Waals surface area (Å²) < 4.78 is 5.22. The zero-order chi connectivity index (χ0) is 23.3. The summed E-state index contributed by atoms with van der Waals surface area (Å²) in [4.78, 5) is 38.5. The first-order valence-corrected chi connectivity index (χ1v) is 12.3. The number of carbonyl (C=O) groups is 3. The number of aliphatic carboxylic acids is 1. The average molecular weight is 466 g/mol. The zero-order valence-electron chi connectivity index (χ0n) is 18.7. The zero-order valence-corrected chi connectivity index (χ0v) is 19.5. The lowest BCUT2D eigenvalue weighted by Crippen LogP contribution is -2.53. The number of carbonyl (C=O) groups excluding carboxylic acids is 2. The van der Waals surface area contributed by atoms with Crippen LogP contribution in [0.1, 0.15) is 49.8 Å². The fourth-order valence-electron chi connectivity index (χ4n) is 3.74. The Balaban J connectivity index is 2.13. The minimum atomic E-state index is -1.06. The van der Waals surface area contributed by atoms with Crippen LogP contribution in [0.25, 0.3) is 0 Å². The van der Waals surface area contributed by atoms with E-state index < -0.39 is 18.1 Å². The van der Waals surface area contributed by atoms with E-state index in [-0.39, 0.29) is 30.3 Å². The van der Waals surface area contributed by atoms with Crippen molar-refractivity contribution in [3.63, 3.8) is 0 Å². The number of nitrogens with one attached hydrogen (secondary N) is 1. The van der Waals surface area contributed by atoms with Gasteiger partial charge in [0.05, 0.1) is 12.6 Å². The Morgan fingerprint density at radius 1 is 1.25 bits per heavy atom. The molecule has 0 bridgehead atoms. The van der Waals surface area contributed by atoms with Crippen LogP contribution in [-0.2, 0) is 19.1 Å². The van der Waals surface area contributed by atoms with Crippen molar-refractivity contribution < 1.29 is 24.2 Å². The number of rotatable bonds is 13. The summed E-state index contributed by atoms with van der Waals surface area (Å²) in [5.41, 5.74) is 6.58. The Hall–Kier alpha value is -2.10. The quantitative estimate of drug-likeness (QED) is 0.299. The predicted molar refractivity (Wildman–Crippen MR) is 125 cm³/mol. The Morgan fingerprint density at radius 2 is 1.97 bits per heavy atom. The third-order valence-corrected chi connectivity index (χ3v) is 6.73. The van der Waals surface area contributed by atoms with Gasteiger partial charge in [-0.25, -0.2) is 0 Å². The first-order valence-electron chi connectivity index (χ1n) is 11.3. The van der Waals surface area contributed by atoms with E-state index in [4.69, 9.17) is 10.5 Å². The van der Waals surface area contributed by atoms with E-state index in [1.54, 1.807) is 18.7 Å². The van der Waals surface area contributed by atoms with Crippen molar-refractivity contribution in [1.82, 2.24) is 10.2 Å². The second kappa shape index (κ2) is 14.1. The molecular weight excluding hydrogens is 430 g/mol. The van der Waals surface area contributed by atoms with Crippen molar-refractivity contribution in [2.75, 3.05) is 32.0 Å². The molecule has 1 aromatic carbocycles. The monoisotopic (exact) mass is 465 g/mol. The lowest BCUT2D eigenvalue weighted by Gasteiger charge is -2.27. The third kappa shape index (κ3) is 8.44. The van der Waals surface area contributed by atoms with Crippen LogP contribution in [0, 0.1) is 0 Å². The van der Waals surface area contributed by atoms with Crippen LogP contribution < -0.4 is 11.1 Å². The Morgan fingerprint density at radius 3 is 2.62 bits per heavy atom. The van der Waals surface area contributed by atoms with E-state index in [1.807, 2.05) is 30.3 Å². The van der Waals surface area contributed by atoms with Gasteiger partial charge in [-0.1, -0.05) is 49.6 Å². The molecule has 1 aromatic rings. The summed E-state index contributed by atoms with van der Waals surface area (Å²) >= 11 is 1.60. The second-order valence-electron chi connectivity index (χ2n) is 7.86.